The van der Waals surface area contributed by atoms with Crippen molar-refractivity contribution in [1.82, 2.24) is 20.5 Å². The number of aromatic hydroxyl groups is 1. The number of benzene rings is 4. The summed E-state index contributed by atoms with van der Waals surface area (Å²) in [6.07, 6.45) is 1.43. The van der Waals surface area contributed by atoms with Crippen LogP contribution >= 0.6 is 0 Å². The fourth-order valence-electron chi connectivity index (χ4n) is 6.60. The molecule has 2 unspecified atom stereocenters. The monoisotopic (exact) mass is 732 g/mol. The number of phenols is 1. The minimum absolute atomic E-state index is 0.0954. The fourth-order valence-corrected chi connectivity index (χ4v) is 6.60. The number of carbonyl (C=O) groups is 3. The summed E-state index contributed by atoms with van der Waals surface area (Å²) in [4.78, 5) is 54.2. The van der Waals surface area contributed by atoms with E-state index in [4.69, 9.17) is 4.74 Å². The Hall–Kier alpha value is -6.28. The predicted octanol–water partition coefficient (Wildman–Crippen LogP) is 3.43. The lowest BCUT2D eigenvalue weighted by atomic mass is 9.84. The highest BCUT2D eigenvalue weighted by molar-refractivity contribution is 5.97. The van der Waals surface area contributed by atoms with Gasteiger partial charge in [0, 0.05) is 54.3 Å². The standard InChI is InChI=1S/C41H40N4O9/c1-54-35-21-27(10-11-28(35)22-42-23-34(47)31-12-14-33(46)38-32(31)13-15-36(48)44-38)39(50)43-24-37(49)45-18-16-25(17-19-45)26-6-5-9-30(20-26)41(53,40(51)52)29-7-3-2-4-8-29/h2-16,20-21,34,42,46-47,53H,17-19,22-24H2,1H3,(H,43,50)(H,44,48)(H,51,52). The van der Waals surface area contributed by atoms with Gasteiger partial charge in [0.2, 0.25) is 17.1 Å². The summed E-state index contributed by atoms with van der Waals surface area (Å²) in [7, 11) is 1.48. The number of aliphatic carboxylic acids is 1. The largest absolute Gasteiger partial charge is 0.506 e. The number of aromatic amines is 1. The molecule has 0 radical (unpaired) electrons. The summed E-state index contributed by atoms with van der Waals surface area (Å²) in [6, 6.07) is 25.8. The Kier molecular flexibility index (Phi) is 11.2. The van der Waals surface area contributed by atoms with Crippen molar-refractivity contribution in [3.05, 3.63) is 147 Å². The molecule has 278 valence electrons. The van der Waals surface area contributed by atoms with Crippen LogP contribution in [0.15, 0.2) is 108 Å². The molecule has 13 heteroatoms. The van der Waals surface area contributed by atoms with Crippen LogP contribution < -0.4 is 20.9 Å². The number of carbonyl (C=O) groups excluding carboxylic acids is 2. The number of aliphatic hydroxyl groups is 2. The number of ether oxygens (including phenoxy) is 1. The van der Waals surface area contributed by atoms with Crippen molar-refractivity contribution >= 4 is 34.3 Å². The minimum Gasteiger partial charge on any atom is -0.506 e. The smallest absolute Gasteiger partial charge is 0.345 e. The Morgan fingerprint density at radius 1 is 0.963 bits per heavy atom. The van der Waals surface area contributed by atoms with E-state index < -0.39 is 23.6 Å². The van der Waals surface area contributed by atoms with Crippen molar-refractivity contribution in [1.29, 1.82) is 0 Å². The summed E-state index contributed by atoms with van der Waals surface area (Å²) in [5.41, 5.74) is 1.33. The van der Waals surface area contributed by atoms with E-state index in [0.717, 1.165) is 16.7 Å². The number of methoxy groups -OCH3 is 1. The van der Waals surface area contributed by atoms with E-state index in [1.54, 1.807) is 83.8 Å². The van der Waals surface area contributed by atoms with E-state index >= 15 is 0 Å². The summed E-state index contributed by atoms with van der Waals surface area (Å²) >= 11 is 0. The zero-order valence-corrected chi connectivity index (χ0v) is 29.4. The number of nitrogens with one attached hydrogen (secondary N) is 3. The normalized spacial score (nSPS) is 14.5. The van der Waals surface area contributed by atoms with Gasteiger partial charge >= 0.3 is 5.97 Å². The number of pyridine rings is 1. The number of amides is 2. The molecule has 0 bridgehead atoms. The maximum absolute atomic E-state index is 13.1. The molecule has 2 amide bonds. The van der Waals surface area contributed by atoms with Crippen LogP contribution in [0.1, 0.15) is 50.7 Å². The summed E-state index contributed by atoms with van der Waals surface area (Å²) in [5.74, 6) is -1.77. The van der Waals surface area contributed by atoms with Crippen LogP contribution in [-0.2, 0) is 21.7 Å². The summed E-state index contributed by atoms with van der Waals surface area (Å²) in [5, 5.41) is 48.6. The number of nitrogens with zero attached hydrogens (tertiary/aromatic N) is 1. The third-order valence-corrected chi connectivity index (χ3v) is 9.58. The topological polar surface area (TPSA) is 202 Å². The molecule has 2 heterocycles. The van der Waals surface area contributed by atoms with Crippen LogP contribution in [0.5, 0.6) is 11.5 Å². The Morgan fingerprint density at radius 3 is 2.46 bits per heavy atom. The van der Waals surface area contributed by atoms with Gasteiger partial charge in [-0.25, -0.2) is 4.79 Å². The van der Waals surface area contributed by atoms with Crippen molar-refractivity contribution < 1.29 is 39.5 Å². The Bertz CT molecular complexity index is 2290. The van der Waals surface area contributed by atoms with Crippen LogP contribution in [0.4, 0.5) is 0 Å². The van der Waals surface area contributed by atoms with Gasteiger partial charge in [0.15, 0.2) is 0 Å². The van der Waals surface area contributed by atoms with Gasteiger partial charge in [-0.05, 0) is 59.0 Å². The lowest BCUT2D eigenvalue weighted by molar-refractivity contribution is -0.155. The van der Waals surface area contributed by atoms with Crippen LogP contribution in [0.2, 0.25) is 0 Å². The van der Waals surface area contributed by atoms with Crippen molar-refractivity contribution in [3.8, 4) is 11.5 Å². The first-order valence-electron chi connectivity index (χ1n) is 17.3. The molecule has 54 heavy (non-hydrogen) atoms. The highest BCUT2D eigenvalue weighted by atomic mass is 16.5. The van der Waals surface area contributed by atoms with Gasteiger partial charge in [-0.1, -0.05) is 66.7 Å². The fraction of sp³-hybridized carbons (Fsp3) is 0.220. The number of aliphatic hydroxyl groups excluding tert-OH is 1. The number of fused-ring (bicyclic) bond motifs is 1. The van der Waals surface area contributed by atoms with Gasteiger partial charge in [-0.3, -0.25) is 14.4 Å². The lowest BCUT2D eigenvalue weighted by Gasteiger charge is -2.28. The molecule has 4 aromatic carbocycles. The molecule has 1 aliphatic rings. The Labute approximate surface area is 310 Å². The first-order valence-corrected chi connectivity index (χ1v) is 17.3. The van der Waals surface area contributed by atoms with Gasteiger partial charge in [0.1, 0.15) is 11.5 Å². The van der Waals surface area contributed by atoms with E-state index in [9.17, 15) is 39.6 Å². The second-order valence-electron chi connectivity index (χ2n) is 12.9. The van der Waals surface area contributed by atoms with Gasteiger partial charge in [0.05, 0.1) is 25.3 Å². The Morgan fingerprint density at radius 2 is 1.74 bits per heavy atom. The molecule has 1 aliphatic heterocycles. The molecule has 0 aliphatic carbocycles. The number of hydrogen-bond donors (Lipinski definition) is 7. The quantitative estimate of drug-likeness (QED) is 0.0941. The zero-order valence-electron chi connectivity index (χ0n) is 29.4. The van der Waals surface area contributed by atoms with Crippen molar-refractivity contribution in [2.24, 2.45) is 0 Å². The van der Waals surface area contributed by atoms with Gasteiger partial charge in [0.25, 0.3) is 5.91 Å². The molecular formula is C41H40N4O9. The second kappa shape index (κ2) is 16.2. The van der Waals surface area contributed by atoms with Crippen LogP contribution in [-0.4, -0.2) is 81.4 Å². The average molecular weight is 733 g/mol. The summed E-state index contributed by atoms with van der Waals surface area (Å²) < 4.78 is 5.52. The van der Waals surface area contributed by atoms with Gasteiger partial charge in [-0.2, -0.15) is 0 Å². The number of rotatable bonds is 13. The minimum atomic E-state index is -2.23. The maximum atomic E-state index is 13.1. The number of aromatic nitrogens is 1. The lowest BCUT2D eigenvalue weighted by Crippen LogP contribution is -2.42. The number of carboxylic acid groups (broad SMARTS) is 1. The van der Waals surface area contributed by atoms with E-state index in [1.807, 2.05) is 12.1 Å². The van der Waals surface area contributed by atoms with E-state index in [0.29, 0.717) is 48.3 Å². The highest BCUT2D eigenvalue weighted by Gasteiger charge is 2.40. The first kappa shape index (κ1) is 37.5. The molecule has 0 saturated carbocycles. The van der Waals surface area contributed by atoms with Crippen LogP contribution in [0.3, 0.4) is 0 Å². The van der Waals surface area contributed by atoms with Crippen molar-refractivity contribution in [3.63, 3.8) is 0 Å². The number of carboxylic acids is 1. The Balaban J connectivity index is 1.02. The van der Waals surface area contributed by atoms with Gasteiger partial charge < -0.3 is 45.7 Å². The molecule has 0 fully saturated rings. The first-order chi connectivity index (χ1) is 26.0. The third kappa shape index (κ3) is 7.88. The molecule has 7 N–H and O–H groups in total. The van der Waals surface area contributed by atoms with E-state index in [1.165, 1.54) is 19.2 Å². The van der Waals surface area contributed by atoms with Crippen LogP contribution in [0.25, 0.3) is 16.5 Å². The molecule has 5 aromatic rings. The molecule has 1 aromatic heterocycles. The second-order valence-corrected chi connectivity index (χ2v) is 12.9. The third-order valence-electron chi connectivity index (χ3n) is 9.58. The van der Waals surface area contributed by atoms with Gasteiger partial charge in [-0.15, -0.1) is 0 Å². The molecule has 0 saturated heterocycles. The molecule has 2 atom stereocenters. The van der Waals surface area contributed by atoms with E-state index in [-0.39, 0.29) is 46.9 Å². The van der Waals surface area contributed by atoms with E-state index in [2.05, 4.69) is 15.6 Å². The predicted molar refractivity (Wildman–Crippen MR) is 201 cm³/mol. The molecule has 13 nitrogen and oxygen atoms in total. The SMILES string of the molecule is COc1cc(C(=O)NCC(=O)N2CC=C(c3cccc(C(O)(C(=O)O)c4ccccc4)c3)CC2)ccc1CNCC(O)c1ccc(O)c2[nH]c(=O)ccc12. The average Bonchev–Trinajstić information content (AvgIpc) is 3.20. The van der Waals surface area contributed by atoms with Crippen molar-refractivity contribution in [2.75, 3.05) is 33.3 Å². The van der Waals surface area contributed by atoms with Crippen molar-refractivity contribution in [2.45, 2.75) is 24.7 Å². The maximum Gasteiger partial charge on any atom is 0.345 e. The molecule has 6 rings (SSSR count). The van der Waals surface area contributed by atoms with Crippen LogP contribution in [0, 0.1) is 0 Å². The summed E-state index contributed by atoms with van der Waals surface area (Å²) in [6.45, 7) is 0.913. The number of hydrogen-bond acceptors (Lipinski definition) is 9. The number of phenolic OH excluding ortho intramolecular Hbond substituents is 1. The molecule has 0 spiro atoms. The highest BCUT2D eigenvalue weighted by Crippen LogP contribution is 2.33. The molecular weight excluding hydrogens is 692 g/mol. The zero-order chi connectivity index (χ0) is 38.4. The number of H-pyrrole nitrogens is 1.